The monoisotopic (exact) mass is 923 g/mol. The molecule has 7 N–H and O–H groups in total. The van der Waals surface area contributed by atoms with E-state index >= 15 is 0 Å². The van der Waals surface area contributed by atoms with E-state index in [-0.39, 0.29) is 18.4 Å². The van der Waals surface area contributed by atoms with Crippen LogP contribution >= 0.6 is 0 Å². The normalized spacial score (nSPS) is 12.4. The number of anilines is 1. The van der Waals surface area contributed by atoms with Crippen LogP contribution in [0.2, 0.25) is 0 Å². The summed E-state index contributed by atoms with van der Waals surface area (Å²) in [6.45, 7) is 1.15. The molecule has 0 saturated carbocycles. The van der Waals surface area contributed by atoms with Crippen LogP contribution in [0.15, 0.2) is 194 Å². The molecule has 7 aromatic rings. The highest BCUT2D eigenvalue weighted by molar-refractivity contribution is 5.97. The van der Waals surface area contributed by atoms with Gasteiger partial charge in [0.2, 0.25) is 11.8 Å². The fourth-order valence-electron chi connectivity index (χ4n) is 9.16. The molecular weight excluding hydrogens is 859 g/mol. The number of aliphatic hydroxyl groups is 1. The van der Waals surface area contributed by atoms with Gasteiger partial charge in [0, 0.05) is 5.69 Å². The maximum absolute atomic E-state index is 14.0. The Morgan fingerprint density at radius 2 is 0.870 bits per heavy atom. The number of carbonyl (C=O) groups excluding carboxylic acids is 2. The minimum absolute atomic E-state index is 0.104. The Kier molecular flexibility index (Phi) is 17.9. The van der Waals surface area contributed by atoms with Crippen molar-refractivity contribution >= 4 is 17.5 Å². The molecule has 0 aliphatic carbocycles. The average Bonchev–Trinajstić information content (AvgIpc) is 3.41. The zero-order valence-electron chi connectivity index (χ0n) is 39.7. The lowest BCUT2D eigenvalue weighted by molar-refractivity contribution is -0.127. The standard InChI is InChI=1S/C59H65N5O5/c1-68-52-37-31-49(32-38-52)58(45-19-7-3-8-20-45,46-21-9-4-10-22-46)61-41-17-15-27-54(60)56(66)64-55(57(67)63-51-35-29-44(43-65)30-36-51)28-16-18-42-62-59(47-23-11-5-12-24-47,48-25-13-6-14-26-48)50-33-39-53(69-2)40-34-50/h3-14,19-26,29-40,54-55,61-62,65H,15-18,27-28,41-43,60H2,1-2H3,(H,63,67)(H,64,66). The van der Waals surface area contributed by atoms with Gasteiger partial charge in [-0.25, -0.2) is 0 Å². The highest BCUT2D eigenvalue weighted by atomic mass is 16.5. The van der Waals surface area contributed by atoms with Crippen LogP contribution in [0.4, 0.5) is 5.69 Å². The Bertz CT molecular complexity index is 2540. The minimum atomic E-state index is -0.834. The SMILES string of the molecule is COc1ccc(C(NCCCCC(N)C(=O)NC(CCCCNC(c2ccccc2)(c2ccccc2)c2ccc(OC)cc2)C(=O)Nc2ccc(CO)cc2)(c2ccccc2)c2ccccc2)cc1. The van der Waals surface area contributed by atoms with E-state index in [1.165, 1.54) is 0 Å². The van der Waals surface area contributed by atoms with Crippen LogP contribution in [0.3, 0.4) is 0 Å². The molecule has 0 bridgehead atoms. The van der Waals surface area contributed by atoms with Gasteiger partial charge in [0.15, 0.2) is 0 Å². The first kappa shape index (κ1) is 49.8. The van der Waals surface area contributed by atoms with Crippen LogP contribution in [0.25, 0.3) is 0 Å². The van der Waals surface area contributed by atoms with E-state index in [0.717, 1.165) is 56.9 Å². The number of hydrogen-bond acceptors (Lipinski definition) is 8. The van der Waals surface area contributed by atoms with E-state index in [2.05, 4.69) is 143 Å². The van der Waals surface area contributed by atoms with Gasteiger partial charge in [0.1, 0.15) is 17.5 Å². The minimum Gasteiger partial charge on any atom is -0.497 e. The first-order chi connectivity index (χ1) is 33.8. The lowest BCUT2D eigenvalue weighted by atomic mass is 9.77. The molecule has 0 aliphatic heterocycles. The Hall–Kier alpha value is -7.08. The number of aliphatic hydroxyl groups excluding tert-OH is 1. The van der Waals surface area contributed by atoms with Crippen LogP contribution in [-0.4, -0.2) is 56.3 Å². The largest absolute Gasteiger partial charge is 0.497 e. The molecular formula is C59H65N5O5. The predicted octanol–water partition coefficient (Wildman–Crippen LogP) is 9.45. The van der Waals surface area contributed by atoms with E-state index in [9.17, 15) is 14.7 Å². The average molecular weight is 924 g/mol. The number of carbonyl (C=O) groups is 2. The van der Waals surface area contributed by atoms with Crippen molar-refractivity contribution in [3.63, 3.8) is 0 Å². The zero-order valence-corrected chi connectivity index (χ0v) is 39.7. The predicted molar refractivity (Wildman–Crippen MR) is 276 cm³/mol. The molecule has 0 aromatic heterocycles. The summed E-state index contributed by atoms with van der Waals surface area (Å²) >= 11 is 0. The summed E-state index contributed by atoms with van der Waals surface area (Å²) in [6.07, 6.45) is 3.62. The van der Waals surface area contributed by atoms with Crippen LogP contribution in [-0.2, 0) is 27.3 Å². The fraction of sp³-hybridized carbons (Fsp3) is 0.254. The second-order valence-electron chi connectivity index (χ2n) is 17.3. The van der Waals surface area contributed by atoms with E-state index in [0.29, 0.717) is 50.9 Å². The second kappa shape index (κ2) is 24.8. The summed E-state index contributed by atoms with van der Waals surface area (Å²) in [7, 11) is 3.33. The molecule has 7 rings (SSSR count). The third-order valence-corrected chi connectivity index (χ3v) is 12.9. The van der Waals surface area contributed by atoms with Gasteiger partial charge >= 0.3 is 0 Å². The molecule has 0 radical (unpaired) electrons. The van der Waals surface area contributed by atoms with Crippen molar-refractivity contribution < 1.29 is 24.2 Å². The van der Waals surface area contributed by atoms with Gasteiger partial charge in [0.25, 0.3) is 0 Å². The van der Waals surface area contributed by atoms with Gasteiger partial charge < -0.3 is 30.9 Å². The maximum Gasteiger partial charge on any atom is 0.246 e. The quantitative estimate of drug-likeness (QED) is 0.0246. The topological polar surface area (TPSA) is 147 Å². The molecule has 2 amide bonds. The summed E-state index contributed by atoms with van der Waals surface area (Å²) < 4.78 is 11.0. The number of hydrogen-bond donors (Lipinski definition) is 6. The number of amides is 2. The molecule has 10 nitrogen and oxygen atoms in total. The van der Waals surface area contributed by atoms with Crippen LogP contribution in [0.5, 0.6) is 11.5 Å². The van der Waals surface area contributed by atoms with Gasteiger partial charge in [-0.3, -0.25) is 20.2 Å². The number of nitrogens with two attached hydrogens (primary N) is 1. The lowest BCUT2D eigenvalue weighted by Crippen LogP contribution is -2.50. The molecule has 2 unspecified atom stereocenters. The first-order valence-corrected chi connectivity index (χ1v) is 23.9. The molecule has 69 heavy (non-hydrogen) atoms. The Morgan fingerprint density at radius 1 is 0.493 bits per heavy atom. The first-order valence-electron chi connectivity index (χ1n) is 23.9. The van der Waals surface area contributed by atoms with Gasteiger partial charge in [-0.05, 0) is 121 Å². The number of unbranched alkanes of at least 4 members (excludes halogenated alkanes) is 2. The number of benzene rings is 7. The van der Waals surface area contributed by atoms with Gasteiger partial charge in [-0.2, -0.15) is 0 Å². The number of ether oxygens (including phenoxy) is 2. The van der Waals surface area contributed by atoms with Gasteiger partial charge in [-0.15, -0.1) is 0 Å². The summed E-state index contributed by atoms with van der Waals surface area (Å²) in [6, 6.07) is 63.3. The molecule has 0 aliphatic rings. The van der Waals surface area contributed by atoms with E-state index in [4.69, 9.17) is 15.2 Å². The molecule has 0 saturated heterocycles. The maximum atomic E-state index is 14.0. The lowest BCUT2D eigenvalue weighted by Gasteiger charge is -2.37. The van der Waals surface area contributed by atoms with Crippen molar-refractivity contribution in [2.75, 3.05) is 32.6 Å². The molecule has 0 heterocycles. The number of methoxy groups -OCH3 is 2. The van der Waals surface area contributed by atoms with Crippen LogP contribution in [0.1, 0.15) is 77.5 Å². The van der Waals surface area contributed by atoms with Crippen LogP contribution in [0, 0.1) is 0 Å². The van der Waals surface area contributed by atoms with Crippen molar-refractivity contribution in [3.8, 4) is 11.5 Å². The molecule has 7 aromatic carbocycles. The fourth-order valence-corrected chi connectivity index (χ4v) is 9.16. The second-order valence-corrected chi connectivity index (χ2v) is 17.3. The third-order valence-electron chi connectivity index (χ3n) is 12.9. The van der Waals surface area contributed by atoms with Crippen molar-refractivity contribution in [2.45, 2.75) is 68.3 Å². The third kappa shape index (κ3) is 12.3. The van der Waals surface area contributed by atoms with E-state index in [1.54, 1.807) is 38.5 Å². The molecule has 356 valence electrons. The van der Waals surface area contributed by atoms with Crippen molar-refractivity contribution in [1.29, 1.82) is 0 Å². The van der Waals surface area contributed by atoms with Crippen LogP contribution < -0.4 is 36.5 Å². The number of rotatable bonds is 25. The van der Waals surface area contributed by atoms with Crippen molar-refractivity contribution in [1.82, 2.24) is 16.0 Å². The van der Waals surface area contributed by atoms with E-state index in [1.807, 2.05) is 48.5 Å². The zero-order chi connectivity index (χ0) is 48.3. The van der Waals surface area contributed by atoms with Crippen molar-refractivity contribution in [3.05, 3.63) is 233 Å². The summed E-state index contributed by atoms with van der Waals surface area (Å²) in [5, 5.41) is 23.4. The number of nitrogens with one attached hydrogen (secondary N) is 4. The molecule has 0 fully saturated rings. The summed E-state index contributed by atoms with van der Waals surface area (Å²) in [5.74, 6) is 0.853. The summed E-state index contributed by atoms with van der Waals surface area (Å²) in [4.78, 5) is 27.8. The van der Waals surface area contributed by atoms with Gasteiger partial charge in [0.05, 0.1) is 37.9 Å². The Labute approximate surface area is 407 Å². The summed E-state index contributed by atoms with van der Waals surface area (Å²) in [5.41, 5.74) is 13.1. The molecule has 0 spiro atoms. The Balaban J connectivity index is 1.02. The molecule has 2 atom stereocenters. The molecule has 10 heteroatoms. The van der Waals surface area contributed by atoms with Gasteiger partial charge in [-0.1, -0.05) is 164 Å². The van der Waals surface area contributed by atoms with Crippen molar-refractivity contribution in [2.24, 2.45) is 5.73 Å². The van der Waals surface area contributed by atoms with E-state index < -0.39 is 23.2 Å². The smallest absolute Gasteiger partial charge is 0.246 e. The Morgan fingerprint density at radius 3 is 1.25 bits per heavy atom. The highest BCUT2D eigenvalue weighted by Gasteiger charge is 2.37. The highest BCUT2D eigenvalue weighted by Crippen LogP contribution is 2.39.